The van der Waals surface area contributed by atoms with E-state index >= 15 is 0 Å². The summed E-state index contributed by atoms with van der Waals surface area (Å²) in [6, 6.07) is 11.9. The summed E-state index contributed by atoms with van der Waals surface area (Å²) in [6.07, 6.45) is 0.523. The van der Waals surface area contributed by atoms with Gasteiger partial charge in [0.2, 0.25) is 5.91 Å². The largest absolute Gasteiger partial charge is 0.494 e. The summed E-state index contributed by atoms with van der Waals surface area (Å²) in [5.74, 6) is -2.35. The normalized spacial score (nSPS) is 12.9. The number of carboxylic acids is 1. The fourth-order valence-electron chi connectivity index (χ4n) is 2.37. The van der Waals surface area contributed by atoms with Crippen molar-refractivity contribution in [3.63, 3.8) is 0 Å². The lowest BCUT2D eigenvalue weighted by molar-refractivity contribution is -0.142. The van der Waals surface area contributed by atoms with E-state index in [1.807, 2.05) is 37.3 Å². The Morgan fingerprint density at radius 3 is 2.46 bits per heavy atom. The van der Waals surface area contributed by atoms with Gasteiger partial charge in [-0.25, -0.2) is 9.18 Å². The van der Waals surface area contributed by atoms with Crippen molar-refractivity contribution in [1.29, 1.82) is 0 Å². The first-order valence-corrected chi connectivity index (χ1v) is 8.92. The van der Waals surface area contributed by atoms with Gasteiger partial charge in [0.1, 0.15) is 0 Å². The van der Waals surface area contributed by atoms with E-state index in [0.29, 0.717) is 6.42 Å². The van der Waals surface area contributed by atoms with Crippen LogP contribution in [0.2, 0.25) is 0 Å². The van der Waals surface area contributed by atoms with Crippen molar-refractivity contribution in [3.8, 4) is 5.75 Å². The van der Waals surface area contributed by atoms with E-state index in [9.17, 15) is 19.1 Å². The van der Waals surface area contributed by atoms with Crippen LogP contribution in [-0.4, -0.2) is 29.3 Å². The number of hydrogen-bond donors (Lipinski definition) is 2. The van der Waals surface area contributed by atoms with Gasteiger partial charge in [0.25, 0.3) is 0 Å². The van der Waals surface area contributed by atoms with Crippen LogP contribution in [0.1, 0.15) is 24.9 Å². The van der Waals surface area contributed by atoms with Crippen LogP contribution in [0.3, 0.4) is 0 Å². The molecular formula is C19H20FNO4S. The van der Waals surface area contributed by atoms with Gasteiger partial charge in [0.05, 0.1) is 12.4 Å². The van der Waals surface area contributed by atoms with E-state index < -0.39 is 29.0 Å². The zero-order chi connectivity index (χ0) is 19.1. The number of thioether (sulfide) groups is 1. The molecule has 26 heavy (non-hydrogen) atoms. The summed E-state index contributed by atoms with van der Waals surface area (Å²) >= 11 is 1.36. The van der Waals surface area contributed by atoms with Crippen molar-refractivity contribution in [3.05, 3.63) is 59.9 Å². The number of aliphatic carboxylic acids is 1. The number of rotatable bonds is 8. The molecule has 138 valence electrons. The van der Waals surface area contributed by atoms with Crippen LogP contribution in [0.5, 0.6) is 5.75 Å². The second-order valence-corrected chi connectivity index (χ2v) is 6.78. The van der Waals surface area contributed by atoms with Crippen molar-refractivity contribution >= 4 is 23.6 Å². The molecule has 0 aliphatic rings. The highest BCUT2D eigenvalue weighted by molar-refractivity contribution is 8.00. The maximum atomic E-state index is 13.9. The Labute approximate surface area is 155 Å². The topological polar surface area (TPSA) is 75.6 Å². The molecule has 5 nitrogen and oxygen atoms in total. The van der Waals surface area contributed by atoms with E-state index in [2.05, 4.69) is 5.32 Å². The number of ether oxygens (including phenoxy) is 1. The number of methoxy groups -OCH3 is 1. The molecule has 0 bridgehead atoms. The number of carbonyl (C=O) groups excluding carboxylic acids is 1. The van der Waals surface area contributed by atoms with E-state index in [1.54, 1.807) is 0 Å². The van der Waals surface area contributed by atoms with Crippen molar-refractivity contribution in [2.24, 2.45) is 0 Å². The summed E-state index contributed by atoms with van der Waals surface area (Å²) in [4.78, 5) is 25.1. The van der Waals surface area contributed by atoms with Gasteiger partial charge in [-0.1, -0.05) is 31.2 Å². The summed E-state index contributed by atoms with van der Waals surface area (Å²) in [7, 11) is 1.32. The Morgan fingerprint density at radius 2 is 1.92 bits per heavy atom. The first-order chi connectivity index (χ1) is 12.5. The van der Waals surface area contributed by atoms with Gasteiger partial charge >= 0.3 is 5.97 Å². The van der Waals surface area contributed by atoms with Crippen LogP contribution in [0.15, 0.2) is 53.4 Å². The van der Waals surface area contributed by atoms with Gasteiger partial charge in [-0.2, -0.15) is 0 Å². The molecule has 7 heteroatoms. The van der Waals surface area contributed by atoms with Gasteiger partial charge in [-0.15, -0.1) is 11.8 Å². The fraction of sp³-hybridized carbons (Fsp3) is 0.263. The molecule has 2 aromatic rings. The number of halogens is 1. The average molecular weight is 377 g/mol. The van der Waals surface area contributed by atoms with E-state index in [4.69, 9.17) is 4.74 Å². The summed E-state index contributed by atoms with van der Waals surface area (Å²) in [5, 5.41) is 11.5. The van der Waals surface area contributed by atoms with Crippen LogP contribution in [0, 0.1) is 5.82 Å². The molecule has 0 heterocycles. The van der Waals surface area contributed by atoms with Crippen LogP contribution in [0.25, 0.3) is 0 Å². The summed E-state index contributed by atoms with van der Waals surface area (Å²) in [5.41, 5.74) is 0.142. The third-order valence-electron chi connectivity index (χ3n) is 3.73. The highest BCUT2D eigenvalue weighted by atomic mass is 32.2. The molecule has 2 N–H and O–H groups in total. The smallest absolute Gasteiger partial charge is 0.330 e. The zero-order valence-corrected chi connectivity index (χ0v) is 15.3. The van der Waals surface area contributed by atoms with Crippen LogP contribution >= 0.6 is 11.8 Å². The molecule has 0 radical (unpaired) electrons. The Morgan fingerprint density at radius 1 is 1.23 bits per heavy atom. The van der Waals surface area contributed by atoms with Crippen molar-refractivity contribution < 1.29 is 23.8 Å². The molecule has 2 atom stereocenters. The second-order valence-electron chi connectivity index (χ2n) is 5.50. The first-order valence-electron chi connectivity index (χ1n) is 8.04. The van der Waals surface area contributed by atoms with Gasteiger partial charge in [0.15, 0.2) is 17.6 Å². The average Bonchev–Trinajstić information content (AvgIpc) is 2.64. The van der Waals surface area contributed by atoms with E-state index in [1.165, 1.54) is 31.0 Å². The lowest BCUT2D eigenvalue weighted by Crippen LogP contribution is -2.39. The van der Waals surface area contributed by atoms with E-state index in [0.717, 1.165) is 11.0 Å². The number of carboxylic acid groups (broad SMARTS) is 1. The van der Waals surface area contributed by atoms with Gasteiger partial charge in [-0.3, -0.25) is 4.79 Å². The number of nitrogens with one attached hydrogen (secondary N) is 1. The second kappa shape index (κ2) is 9.24. The minimum atomic E-state index is -1.34. The van der Waals surface area contributed by atoms with Crippen LogP contribution in [-0.2, 0) is 9.59 Å². The molecule has 2 unspecified atom stereocenters. The first kappa shape index (κ1) is 19.8. The number of benzene rings is 2. The number of hydrogen-bond acceptors (Lipinski definition) is 4. The van der Waals surface area contributed by atoms with Gasteiger partial charge < -0.3 is 15.2 Å². The lowest BCUT2D eigenvalue weighted by Gasteiger charge is -2.20. The highest BCUT2D eigenvalue weighted by Crippen LogP contribution is 2.27. The molecule has 0 saturated heterocycles. The minimum absolute atomic E-state index is 0.00952. The molecule has 0 saturated carbocycles. The highest BCUT2D eigenvalue weighted by Gasteiger charge is 2.27. The molecular weight excluding hydrogens is 357 g/mol. The molecule has 0 spiro atoms. The number of carbonyl (C=O) groups is 2. The Kier molecular flexibility index (Phi) is 7.03. The monoisotopic (exact) mass is 377 g/mol. The summed E-state index contributed by atoms with van der Waals surface area (Å²) in [6.45, 7) is 1.85. The maximum absolute atomic E-state index is 13.9. The molecule has 0 fully saturated rings. The predicted octanol–water partition coefficient (Wildman–Crippen LogP) is 3.65. The molecule has 0 aliphatic heterocycles. The summed E-state index contributed by atoms with van der Waals surface area (Å²) < 4.78 is 18.7. The van der Waals surface area contributed by atoms with Crippen molar-refractivity contribution in [2.45, 2.75) is 29.5 Å². The maximum Gasteiger partial charge on any atom is 0.330 e. The van der Waals surface area contributed by atoms with Crippen LogP contribution < -0.4 is 10.1 Å². The number of amides is 1. The molecule has 2 rings (SSSR count). The van der Waals surface area contributed by atoms with Crippen LogP contribution in [0.4, 0.5) is 4.39 Å². The van der Waals surface area contributed by atoms with Gasteiger partial charge in [0, 0.05) is 4.90 Å². The minimum Gasteiger partial charge on any atom is -0.494 e. The molecule has 2 aromatic carbocycles. The third kappa shape index (κ3) is 4.98. The van der Waals surface area contributed by atoms with E-state index in [-0.39, 0.29) is 11.3 Å². The predicted molar refractivity (Wildman–Crippen MR) is 97.8 cm³/mol. The third-order valence-corrected chi connectivity index (χ3v) is 5.10. The molecule has 0 aliphatic carbocycles. The van der Waals surface area contributed by atoms with Gasteiger partial charge in [-0.05, 0) is 36.2 Å². The van der Waals surface area contributed by atoms with Crippen molar-refractivity contribution in [2.75, 3.05) is 7.11 Å². The zero-order valence-electron chi connectivity index (χ0n) is 14.4. The lowest BCUT2D eigenvalue weighted by atomic mass is 10.1. The molecule has 0 aromatic heterocycles. The fourth-order valence-corrected chi connectivity index (χ4v) is 3.36. The van der Waals surface area contributed by atoms with Crippen molar-refractivity contribution in [1.82, 2.24) is 5.32 Å². The Bertz CT molecular complexity index is 769. The Hall–Kier alpha value is -2.54. The Balaban J connectivity index is 2.16. The standard InChI is InChI=1S/C19H20FNO4S/c1-3-16(26-13-7-5-4-6-8-13)18(22)21-17(19(23)24)12-9-10-15(25-2)14(20)11-12/h4-11,16-17H,3H2,1-2H3,(H,21,22)(H,23,24). The quantitative estimate of drug-likeness (QED) is 0.687. The molecule has 1 amide bonds. The SMILES string of the molecule is CCC(Sc1ccccc1)C(=O)NC(C(=O)O)c1ccc(OC)c(F)c1.